The van der Waals surface area contributed by atoms with Gasteiger partial charge in [0.2, 0.25) is 0 Å². The van der Waals surface area contributed by atoms with Crippen molar-refractivity contribution >= 4 is 5.97 Å². The number of carbonyl (C=O) groups excluding carboxylic acids is 1. The molecule has 4 fully saturated rings. The van der Waals surface area contributed by atoms with Crippen LogP contribution < -0.4 is 0 Å². The van der Waals surface area contributed by atoms with Gasteiger partial charge in [0.1, 0.15) is 11.7 Å². The minimum atomic E-state index is -0.218. The monoisotopic (exact) mass is 246 g/mol. The van der Waals surface area contributed by atoms with Crippen LogP contribution >= 0.6 is 0 Å². The number of epoxide rings is 1. The lowest BCUT2D eigenvalue weighted by atomic mass is 9.80. The predicted molar refractivity (Wildman–Crippen MR) is 65.8 cm³/mol. The zero-order valence-electron chi connectivity index (χ0n) is 10.7. The average molecular weight is 246 g/mol. The smallest absolute Gasteiger partial charge is 0.334 e. The molecular formula is C15H18O3. The third-order valence-electron chi connectivity index (χ3n) is 5.63. The maximum absolute atomic E-state index is 11.8. The van der Waals surface area contributed by atoms with Crippen molar-refractivity contribution in [3.63, 3.8) is 0 Å². The molecule has 2 aliphatic heterocycles. The van der Waals surface area contributed by atoms with E-state index in [1.165, 1.54) is 5.57 Å². The molecule has 2 saturated carbocycles. The van der Waals surface area contributed by atoms with Gasteiger partial charge in [-0.1, -0.05) is 18.7 Å². The van der Waals surface area contributed by atoms with Crippen molar-refractivity contribution in [2.75, 3.05) is 0 Å². The van der Waals surface area contributed by atoms with Gasteiger partial charge in [0.05, 0.1) is 5.60 Å². The molecule has 2 aliphatic carbocycles. The van der Waals surface area contributed by atoms with E-state index in [1.807, 2.05) is 0 Å². The third-order valence-corrected chi connectivity index (χ3v) is 5.63. The van der Waals surface area contributed by atoms with Gasteiger partial charge in [-0.2, -0.15) is 0 Å². The summed E-state index contributed by atoms with van der Waals surface area (Å²) < 4.78 is 11.7. The molecule has 0 aromatic carbocycles. The Labute approximate surface area is 107 Å². The third kappa shape index (κ3) is 0.993. The van der Waals surface area contributed by atoms with Crippen LogP contribution in [0, 0.1) is 11.8 Å². The summed E-state index contributed by atoms with van der Waals surface area (Å²) in [5, 5.41) is 0. The minimum Gasteiger partial charge on any atom is -0.458 e. The van der Waals surface area contributed by atoms with Crippen molar-refractivity contribution in [3.8, 4) is 0 Å². The molecule has 96 valence electrons. The van der Waals surface area contributed by atoms with E-state index >= 15 is 0 Å². The first-order chi connectivity index (χ1) is 8.48. The summed E-state index contributed by atoms with van der Waals surface area (Å²) in [6.45, 7) is 10.3. The summed E-state index contributed by atoms with van der Waals surface area (Å²) >= 11 is 0. The van der Waals surface area contributed by atoms with Crippen LogP contribution in [0.3, 0.4) is 0 Å². The Morgan fingerprint density at radius 1 is 1.33 bits per heavy atom. The molecule has 2 heterocycles. The Bertz CT molecular complexity index is 494. The van der Waals surface area contributed by atoms with Crippen LogP contribution in [0.1, 0.15) is 32.6 Å². The number of ether oxygens (including phenoxy) is 2. The molecule has 0 aromatic rings. The number of hydrogen-bond donors (Lipinski definition) is 0. The van der Waals surface area contributed by atoms with Gasteiger partial charge in [0.15, 0.2) is 0 Å². The Morgan fingerprint density at radius 3 is 2.89 bits per heavy atom. The highest BCUT2D eigenvalue weighted by molar-refractivity contribution is 5.91. The number of carbonyl (C=O) groups is 1. The van der Waals surface area contributed by atoms with Gasteiger partial charge < -0.3 is 9.47 Å². The maximum atomic E-state index is 11.8. The van der Waals surface area contributed by atoms with Crippen LogP contribution in [0.2, 0.25) is 0 Å². The van der Waals surface area contributed by atoms with E-state index in [-0.39, 0.29) is 35.1 Å². The Kier molecular flexibility index (Phi) is 1.74. The van der Waals surface area contributed by atoms with E-state index in [0.717, 1.165) is 25.7 Å². The highest BCUT2D eigenvalue weighted by Gasteiger charge is 2.76. The zero-order valence-corrected chi connectivity index (χ0v) is 10.7. The number of esters is 1. The predicted octanol–water partition coefficient (Wildman–Crippen LogP) is 2.37. The summed E-state index contributed by atoms with van der Waals surface area (Å²) in [5.74, 6) is 0.129. The Hall–Kier alpha value is -1.09. The molecule has 0 radical (unpaired) electrons. The fraction of sp³-hybridized carbons (Fsp3) is 0.667. The van der Waals surface area contributed by atoms with E-state index in [1.54, 1.807) is 0 Å². The van der Waals surface area contributed by atoms with Crippen molar-refractivity contribution < 1.29 is 14.3 Å². The molecule has 2 saturated heterocycles. The number of fused-ring (bicyclic) bond motifs is 2. The largest absolute Gasteiger partial charge is 0.458 e. The summed E-state index contributed by atoms with van der Waals surface area (Å²) in [5.41, 5.74) is 1.71. The molecular weight excluding hydrogens is 228 g/mol. The van der Waals surface area contributed by atoms with Crippen LogP contribution in [0.15, 0.2) is 24.3 Å². The molecule has 0 unspecified atom stereocenters. The van der Waals surface area contributed by atoms with Crippen molar-refractivity contribution in [2.24, 2.45) is 11.8 Å². The highest BCUT2D eigenvalue weighted by atomic mass is 16.6. The first-order valence-electron chi connectivity index (χ1n) is 6.76. The van der Waals surface area contributed by atoms with Crippen LogP contribution in [0.4, 0.5) is 0 Å². The molecule has 3 heteroatoms. The second-order valence-electron chi connectivity index (χ2n) is 6.40. The van der Waals surface area contributed by atoms with Gasteiger partial charge >= 0.3 is 5.97 Å². The molecule has 5 atom stereocenters. The fourth-order valence-electron chi connectivity index (χ4n) is 4.53. The SMILES string of the molecule is C=C1CC[C@@]23O[C@]2(C)CC[C@H]2C(=C)C(=O)O[C@@H]2[C@@H]13. The van der Waals surface area contributed by atoms with Gasteiger partial charge in [-0.3, -0.25) is 0 Å². The first-order valence-corrected chi connectivity index (χ1v) is 6.76. The van der Waals surface area contributed by atoms with Crippen LogP contribution in [0.5, 0.6) is 0 Å². The molecule has 0 bridgehead atoms. The second kappa shape index (κ2) is 2.90. The summed E-state index contributed by atoms with van der Waals surface area (Å²) in [6, 6.07) is 0. The van der Waals surface area contributed by atoms with E-state index in [9.17, 15) is 4.79 Å². The van der Waals surface area contributed by atoms with Gasteiger partial charge in [0.25, 0.3) is 0 Å². The highest BCUT2D eigenvalue weighted by Crippen LogP contribution is 2.68. The minimum absolute atomic E-state index is 0.0336. The van der Waals surface area contributed by atoms with Crippen LogP contribution in [-0.4, -0.2) is 23.3 Å². The van der Waals surface area contributed by atoms with E-state index in [2.05, 4.69) is 20.1 Å². The maximum Gasteiger partial charge on any atom is 0.334 e. The van der Waals surface area contributed by atoms with Gasteiger partial charge in [0, 0.05) is 17.4 Å². The molecule has 1 spiro atoms. The fourth-order valence-corrected chi connectivity index (χ4v) is 4.53. The van der Waals surface area contributed by atoms with E-state index in [0.29, 0.717) is 5.57 Å². The molecule has 18 heavy (non-hydrogen) atoms. The lowest BCUT2D eigenvalue weighted by molar-refractivity contribution is -0.141. The van der Waals surface area contributed by atoms with Crippen LogP contribution in [0.25, 0.3) is 0 Å². The molecule has 0 N–H and O–H groups in total. The standard InChI is InChI=1S/C15H18O3/c1-8-4-7-15-11(8)12-10(9(2)13(16)17-12)5-6-14(15,3)18-15/h10-12H,1-2,4-7H2,3H3/t10-,11+,12-,14+,15-/m0/s1. The van der Waals surface area contributed by atoms with Gasteiger partial charge in [-0.25, -0.2) is 4.79 Å². The quantitative estimate of drug-likeness (QED) is 0.285. The molecule has 0 amide bonds. The Morgan fingerprint density at radius 2 is 2.11 bits per heavy atom. The van der Waals surface area contributed by atoms with E-state index < -0.39 is 0 Å². The van der Waals surface area contributed by atoms with Crippen molar-refractivity contribution in [1.82, 2.24) is 0 Å². The lowest BCUT2D eigenvalue weighted by Gasteiger charge is -2.25. The summed E-state index contributed by atoms with van der Waals surface area (Å²) in [4.78, 5) is 11.8. The average Bonchev–Trinajstić information content (AvgIpc) is 2.65. The van der Waals surface area contributed by atoms with E-state index in [4.69, 9.17) is 9.47 Å². The van der Waals surface area contributed by atoms with Gasteiger partial charge in [-0.15, -0.1) is 0 Å². The first kappa shape index (κ1) is 10.8. The van der Waals surface area contributed by atoms with Crippen molar-refractivity contribution in [1.29, 1.82) is 0 Å². The Balaban J connectivity index is 1.81. The second-order valence-corrected chi connectivity index (χ2v) is 6.40. The number of rotatable bonds is 0. The van der Waals surface area contributed by atoms with Gasteiger partial charge in [-0.05, 0) is 32.6 Å². The molecule has 3 nitrogen and oxygen atoms in total. The molecule has 4 rings (SSSR count). The lowest BCUT2D eigenvalue weighted by Crippen LogP contribution is -2.36. The molecule has 4 aliphatic rings. The van der Waals surface area contributed by atoms with Crippen LogP contribution in [-0.2, 0) is 14.3 Å². The zero-order chi connectivity index (χ0) is 12.7. The summed E-state index contributed by atoms with van der Waals surface area (Å²) in [7, 11) is 0. The summed E-state index contributed by atoms with van der Waals surface area (Å²) in [6.07, 6.45) is 3.88. The molecule has 0 aromatic heterocycles. The number of hydrogen-bond acceptors (Lipinski definition) is 3. The topological polar surface area (TPSA) is 38.8 Å². The normalized spacial score (nSPS) is 53.4. The van der Waals surface area contributed by atoms with Crippen molar-refractivity contribution in [3.05, 3.63) is 24.3 Å². The van der Waals surface area contributed by atoms with Crippen molar-refractivity contribution in [2.45, 2.75) is 49.9 Å².